The Morgan fingerprint density at radius 2 is 1.95 bits per heavy atom. The van der Waals surface area contributed by atoms with Gasteiger partial charge in [0.2, 0.25) is 11.8 Å². The second-order valence-electron chi connectivity index (χ2n) is 12.4. The Labute approximate surface area is 249 Å². The summed E-state index contributed by atoms with van der Waals surface area (Å²) in [5, 5.41) is 10.5. The SMILES string of the molecule is C=CCCCCOC(=O)[C@H]1[C@H]2C(=O)N([C@@H](CO)C(C)C)C(C(=O)N(CC=C)CCN3CCOCC3)C23CC[C@]1(C)S3. The second kappa shape index (κ2) is 13.6. The Morgan fingerprint density at radius 3 is 2.59 bits per heavy atom. The number of unbranched alkanes of at least 4 members (excludes halogenated alkanes) is 2. The van der Waals surface area contributed by atoms with E-state index in [1.54, 1.807) is 27.6 Å². The van der Waals surface area contributed by atoms with Gasteiger partial charge in [0.05, 0.1) is 49.1 Å². The molecule has 6 atom stereocenters. The number of esters is 1. The van der Waals surface area contributed by atoms with Crippen LogP contribution in [-0.4, -0.2) is 118 Å². The van der Waals surface area contributed by atoms with Gasteiger partial charge in [-0.3, -0.25) is 19.3 Å². The number of aliphatic hydroxyl groups is 1. The van der Waals surface area contributed by atoms with E-state index in [1.165, 1.54) is 0 Å². The number of hydrogen-bond acceptors (Lipinski definition) is 8. The molecule has 10 heteroatoms. The van der Waals surface area contributed by atoms with Crippen molar-refractivity contribution in [3.05, 3.63) is 25.3 Å². The summed E-state index contributed by atoms with van der Waals surface area (Å²) in [6.07, 6.45) is 7.48. The number of carbonyl (C=O) groups is 3. The van der Waals surface area contributed by atoms with Crippen molar-refractivity contribution < 1.29 is 29.0 Å². The Bertz CT molecular complexity index is 987. The van der Waals surface area contributed by atoms with Gasteiger partial charge in [-0.1, -0.05) is 26.0 Å². The van der Waals surface area contributed by atoms with Gasteiger partial charge in [-0.25, -0.2) is 0 Å². The highest BCUT2D eigenvalue weighted by atomic mass is 32.2. The quantitative estimate of drug-likeness (QED) is 0.176. The lowest BCUT2D eigenvalue weighted by Gasteiger charge is -2.41. The molecule has 4 saturated heterocycles. The van der Waals surface area contributed by atoms with Crippen LogP contribution in [0.4, 0.5) is 0 Å². The predicted octanol–water partition coefficient (Wildman–Crippen LogP) is 2.73. The van der Waals surface area contributed by atoms with Gasteiger partial charge in [0.15, 0.2) is 0 Å². The molecule has 2 amide bonds. The topological polar surface area (TPSA) is 99.6 Å². The van der Waals surface area contributed by atoms with Gasteiger partial charge in [0, 0.05) is 37.5 Å². The minimum Gasteiger partial charge on any atom is -0.465 e. The zero-order valence-electron chi connectivity index (χ0n) is 25.1. The minimum atomic E-state index is -0.763. The molecule has 4 aliphatic rings. The van der Waals surface area contributed by atoms with Crippen molar-refractivity contribution >= 4 is 29.5 Å². The van der Waals surface area contributed by atoms with E-state index in [1.807, 2.05) is 19.9 Å². The highest BCUT2D eigenvalue weighted by molar-refractivity contribution is 8.02. The maximum absolute atomic E-state index is 14.6. The van der Waals surface area contributed by atoms with Crippen molar-refractivity contribution in [3.8, 4) is 0 Å². The molecule has 0 aromatic carbocycles. The molecule has 9 nitrogen and oxygen atoms in total. The number of hydrogen-bond donors (Lipinski definition) is 1. The maximum atomic E-state index is 14.6. The first-order valence-corrected chi connectivity index (χ1v) is 16.1. The van der Waals surface area contributed by atoms with Crippen LogP contribution in [0.25, 0.3) is 0 Å². The van der Waals surface area contributed by atoms with Crippen LogP contribution < -0.4 is 0 Å². The number of fused-ring (bicyclic) bond motifs is 1. The number of thioether (sulfide) groups is 1. The number of aliphatic hydroxyl groups excluding tert-OH is 1. The summed E-state index contributed by atoms with van der Waals surface area (Å²) in [5.74, 6) is -2.01. The Balaban J connectivity index is 1.65. The number of rotatable bonds is 15. The fourth-order valence-electron chi connectivity index (χ4n) is 7.34. The van der Waals surface area contributed by atoms with Crippen molar-refractivity contribution in [3.63, 3.8) is 0 Å². The van der Waals surface area contributed by atoms with Gasteiger partial charge >= 0.3 is 5.97 Å². The van der Waals surface area contributed by atoms with Gasteiger partial charge in [-0.15, -0.1) is 24.9 Å². The van der Waals surface area contributed by atoms with Crippen molar-refractivity contribution in [2.45, 2.75) is 74.5 Å². The van der Waals surface area contributed by atoms with Crippen molar-refractivity contribution in [2.24, 2.45) is 17.8 Å². The van der Waals surface area contributed by atoms with E-state index in [4.69, 9.17) is 9.47 Å². The smallest absolute Gasteiger partial charge is 0.311 e. The van der Waals surface area contributed by atoms with Gasteiger partial charge in [-0.05, 0) is 44.9 Å². The molecule has 2 bridgehead atoms. The average molecular weight is 592 g/mol. The molecule has 0 radical (unpaired) electrons. The minimum absolute atomic E-state index is 0.0660. The normalized spacial score (nSPS) is 31.8. The van der Waals surface area contributed by atoms with Crippen molar-refractivity contribution in [1.29, 1.82) is 0 Å². The molecular weight excluding hydrogens is 542 g/mol. The highest BCUT2D eigenvalue weighted by Gasteiger charge is 2.78. The van der Waals surface area contributed by atoms with Crippen molar-refractivity contribution in [2.75, 3.05) is 59.2 Å². The number of amides is 2. The molecule has 0 aliphatic carbocycles. The molecular formula is C31H49N3O6S. The zero-order chi connectivity index (χ0) is 29.8. The summed E-state index contributed by atoms with van der Waals surface area (Å²) < 4.78 is 10.0. The van der Waals surface area contributed by atoms with E-state index in [0.717, 1.165) is 38.8 Å². The number of likely N-dealkylation sites (tertiary alicyclic amines) is 1. The lowest BCUT2D eigenvalue weighted by atomic mass is 9.66. The molecule has 4 fully saturated rings. The number of carbonyl (C=O) groups excluding carboxylic acids is 3. The van der Waals surface area contributed by atoms with Crippen molar-refractivity contribution in [1.82, 2.24) is 14.7 Å². The van der Waals surface area contributed by atoms with E-state index in [-0.39, 0.29) is 30.3 Å². The molecule has 4 rings (SSSR count). The van der Waals surface area contributed by atoms with Gasteiger partial charge in [0.25, 0.3) is 0 Å². The highest BCUT2D eigenvalue weighted by Crippen LogP contribution is 2.72. The molecule has 0 aromatic rings. The molecule has 0 saturated carbocycles. The molecule has 4 aliphatic heterocycles. The molecule has 230 valence electrons. The molecule has 1 N–H and O–H groups in total. The Hall–Kier alpha value is -1.88. The molecule has 1 spiro atoms. The number of morpholine rings is 1. The first kappa shape index (κ1) is 32.0. The third-order valence-corrected chi connectivity index (χ3v) is 11.5. The van der Waals surface area contributed by atoms with E-state index in [2.05, 4.69) is 25.0 Å². The zero-order valence-corrected chi connectivity index (χ0v) is 25.9. The summed E-state index contributed by atoms with van der Waals surface area (Å²) in [4.78, 5) is 48.4. The van der Waals surface area contributed by atoms with Crippen LogP contribution in [0, 0.1) is 17.8 Å². The number of allylic oxidation sites excluding steroid dienone is 1. The summed E-state index contributed by atoms with van der Waals surface area (Å²) in [5.41, 5.74) is 0. The summed E-state index contributed by atoms with van der Waals surface area (Å²) in [6, 6.07) is -1.29. The van der Waals surface area contributed by atoms with Crippen LogP contribution in [0.2, 0.25) is 0 Å². The van der Waals surface area contributed by atoms with Gasteiger partial charge in [0.1, 0.15) is 6.04 Å². The van der Waals surface area contributed by atoms with E-state index in [0.29, 0.717) is 45.9 Å². The third-order valence-electron chi connectivity index (χ3n) is 9.51. The van der Waals surface area contributed by atoms with Crippen LogP contribution in [0.3, 0.4) is 0 Å². The third kappa shape index (κ3) is 6.12. The van der Waals surface area contributed by atoms with Gasteiger partial charge in [-0.2, -0.15) is 0 Å². The summed E-state index contributed by atoms with van der Waals surface area (Å²) in [7, 11) is 0. The molecule has 4 heterocycles. The fourth-order valence-corrected chi connectivity index (χ4v) is 9.66. The number of ether oxygens (including phenoxy) is 2. The molecule has 0 aromatic heterocycles. The predicted molar refractivity (Wildman–Crippen MR) is 160 cm³/mol. The van der Waals surface area contributed by atoms with Gasteiger partial charge < -0.3 is 24.4 Å². The van der Waals surface area contributed by atoms with Crippen LogP contribution in [0.15, 0.2) is 25.3 Å². The molecule has 41 heavy (non-hydrogen) atoms. The average Bonchev–Trinajstić information content (AvgIpc) is 3.52. The fraction of sp³-hybridized carbons (Fsp3) is 0.774. The first-order valence-electron chi connectivity index (χ1n) is 15.3. The standard InChI is InChI=1S/C31H49N3O6S/c1-6-8-9-10-18-40-29(38)25-24-27(36)34(23(21-35)22(3)4)26(31(24)12-11-30(25,5)41-31)28(37)33(13-7-2)15-14-32-16-19-39-20-17-32/h6-7,22-26,35H,1-2,8-21H2,3-5H3/t23-,24-,25+,26?,30-,31?/m0/s1. The van der Waals surface area contributed by atoms with Crippen LogP contribution >= 0.6 is 11.8 Å². The largest absolute Gasteiger partial charge is 0.465 e. The molecule has 2 unspecified atom stereocenters. The lowest BCUT2D eigenvalue weighted by molar-refractivity contribution is -0.156. The van der Waals surface area contributed by atoms with Crippen LogP contribution in [0.1, 0.15) is 52.9 Å². The lowest BCUT2D eigenvalue weighted by Crippen LogP contribution is -2.59. The maximum Gasteiger partial charge on any atom is 0.311 e. The van der Waals surface area contributed by atoms with Crippen LogP contribution in [0.5, 0.6) is 0 Å². The summed E-state index contributed by atoms with van der Waals surface area (Å²) in [6.45, 7) is 18.3. The number of nitrogens with zero attached hydrogens (tertiary/aromatic N) is 3. The van der Waals surface area contributed by atoms with Crippen LogP contribution in [-0.2, 0) is 23.9 Å². The van der Waals surface area contributed by atoms with E-state index < -0.39 is 33.4 Å². The Kier molecular flexibility index (Phi) is 10.6. The monoisotopic (exact) mass is 591 g/mol. The summed E-state index contributed by atoms with van der Waals surface area (Å²) >= 11 is 1.64. The van der Waals surface area contributed by atoms with E-state index in [9.17, 15) is 19.5 Å². The second-order valence-corrected chi connectivity index (χ2v) is 14.3. The Morgan fingerprint density at radius 1 is 1.22 bits per heavy atom. The first-order chi connectivity index (χ1) is 19.6. The van der Waals surface area contributed by atoms with E-state index >= 15 is 0 Å².